The summed E-state index contributed by atoms with van der Waals surface area (Å²) < 4.78 is 51.5. The van der Waals surface area contributed by atoms with Gasteiger partial charge >= 0.3 is 0 Å². The Balaban J connectivity index is 0.00000364. The minimum atomic E-state index is -3.87. The molecule has 0 bridgehead atoms. The largest absolute Gasteiger partial charge is 0.330 e. The van der Waals surface area contributed by atoms with Gasteiger partial charge in [0.05, 0.1) is 9.79 Å². The fourth-order valence-electron chi connectivity index (χ4n) is 2.57. The van der Waals surface area contributed by atoms with Crippen molar-refractivity contribution >= 4 is 32.3 Å². The van der Waals surface area contributed by atoms with Crippen LogP contribution in [0.2, 0.25) is 0 Å². The molecule has 27 heavy (non-hydrogen) atoms. The molecular weight excluding hydrogens is 408 g/mol. The van der Waals surface area contributed by atoms with E-state index in [0.29, 0.717) is 18.5 Å². The van der Waals surface area contributed by atoms with E-state index >= 15 is 0 Å². The zero-order valence-corrected chi connectivity index (χ0v) is 17.8. The zero-order valence-electron chi connectivity index (χ0n) is 15.3. The molecule has 0 aliphatic carbocycles. The number of hydrogen-bond donors (Lipinski definition) is 1. The molecule has 9 heteroatoms. The maximum atomic E-state index is 13.2. The van der Waals surface area contributed by atoms with Crippen LogP contribution >= 0.6 is 12.4 Å². The van der Waals surface area contributed by atoms with Crippen molar-refractivity contribution in [2.45, 2.75) is 29.7 Å². The second-order valence-electron chi connectivity index (χ2n) is 6.17. The van der Waals surface area contributed by atoms with Crippen LogP contribution in [0.3, 0.4) is 0 Å². The Morgan fingerprint density at radius 2 is 1.63 bits per heavy atom. The number of rotatable bonds is 8. The number of nitrogens with two attached hydrogens (primary N) is 1. The van der Waals surface area contributed by atoms with E-state index in [1.807, 2.05) is 30.3 Å². The Bertz CT molecular complexity index is 962. The van der Waals surface area contributed by atoms with Gasteiger partial charge < -0.3 is 5.73 Å². The first kappa shape index (κ1) is 23.6. The quantitative estimate of drug-likeness (QED) is 0.690. The minimum absolute atomic E-state index is 0. The molecule has 0 saturated heterocycles. The molecule has 2 N–H and O–H groups in total. The second kappa shape index (κ2) is 9.66. The summed E-state index contributed by atoms with van der Waals surface area (Å²) in [4.78, 5) is -0.00598. The molecule has 0 unspecified atom stereocenters. The van der Waals surface area contributed by atoms with Crippen LogP contribution in [0.5, 0.6) is 0 Å². The van der Waals surface area contributed by atoms with Gasteiger partial charge in [-0.1, -0.05) is 36.4 Å². The fraction of sp³-hybridized carbons (Fsp3) is 0.333. The van der Waals surface area contributed by atoms with Crippen LogP contribution in [0.1, 0.15) is 17.5 Å². The van der Waals surface area contributed by atoms with E-state index in [1.54, 1.807) is 6.92 Å². The molecule has 2 aromatic rings. The van der Waals surface area contributed by atoms with Gasteiger partial charge in [-0.15, -0.1) is 12.4 Å². The Hall–Kier alpha value is -1.45. The van der Waals surface area contributed by atoms with Gasteiger partial charge in [-0.3, -0.25) is 0 Å². The summed E-state index contributed by atoms with van der Waals surface area (Å²) in [6.45, 7) is 2.48. The van der Waals surface area contributed by atoms with Crippen molar-refractivity contribution in [3.8, 4) is 0 Å². The molecule has 2 rings (SSSR count). The van der Waals surface area contributed by atoms with E-state index in [4.69, 9.17) is 5.73 Å². The second-order valence-corrected chi connectivity index (χ2v) is 10.1. The number of nitrogens with zero attached hydrogens (tertiary/aromatic N) is 1. The van der Waals surface area contributed by atoms with Gasteiger partial charge in [0.2, 0.25) is 10.0 Å². The maximum absolute atomic E-state index is 13.2. The Labute approximate surface area is 167 Å². The maximum Gasteiger partial charge on any atom is 0.243 e. The zero-order chi connectivity index (χ0) is 19.4. The smallest absolute Gasteiger partial charge is 0.243 e. The van der Waals surface area contributed by atoms with Gasteiger partial charge in [0.25, 0.3) is 0 Å². The van der Waals surface area contributed by atoms with Gasteiger partial charge in [0.15, 0.2) is 9.84 Å². The number of halogens is 1. The van der Waals surface area contributed by atoms with Gasteiger partial charge in [-0.25, -0.2) is 16.8 Å². The van der Waals surface area contributed by atoms with E-state index < -0.39 is 19.9 Å². The third kappa shape index (κ3) is 6.02. The van der Waals surface area contributed by atoms with Crippen molar-refractivity contribution < 1.29 is 16.8 Å². The van der Waals surface area contributed by atoms with E-state index in [0.717, 1.165) is 11.8 Å². The normalized spacial score (nSPS) is 12.0. The van der Waals surface area contributed by atoms with E-state index in [-0.39, 0.29) is 35.3 Å². The number of benzene rings is 2. The van der Waals surface area contributed by atoms with Crippen molar-refractivity contribution in [3.05, 3.63) is 59.7 Å². The summed E-state index contributed by atoms with van der Waals surface area (Å²) in [5.74, 6) is 0. The first-order chi connectivity index (χ1) is 12.2. The lowest BCUT2D eigenvalue weighted by molar-refractivity contribution is 0.401. The highest BCUT2D eigenvalue weighted by Crippen LogP contribution is 2.25. The van der Waals surface area contributed by atoms with Gasteiger partial charge in [-0.05, 0) is 43.1 Å². The molecule has 0 amide bonds. The molecule has 0 radical (unpaired) electrons. The molecule has 0 aliphatic rings. The van der Waals surface area contributed by atoms with Gasteiger partial charge in [0, 0.05) is 19.3 Å². The van der Waals surface area contributed by atoms with Gasteiger partial charge in [0.1, 0.15) is 0 Å². The fourth-order valence-corrected chi connectivity index (χ4v) is 5.01. The summed E-state index contributed by atoms with van der Waals surface area (Å²) in [6, 6.07) is 13.4. The number of hydrogen-bond acceptors (Lipinski definition) is 5. The molecular formula is C18H25ClN2O4S2. The molecule has 2 aromatic carbocycles. The van der Waals surface area contributed by atoms with Crippen molar-refractivity contribution in [3.63, 3.8) is 0 Å². The number of sulfone groups is 1. The van der Waals surface area contributed by atoms with Crippen molar-refractivity contribution in [2.75, 3.05) is 19.3 Å². The molecule has 0 heterocycles. The average molecular weight is 433 g/mol. The predicted molar refractivity (Wildman–Crippen MR) is 109 cm³/mol. The van der Waals surface area contributed by atoms with Crippen LogP contribution in [0.15, 0.2) is 58.3 Å². The van der Waals surface area contributed by atoms with Crippen LogP contribution < -0.4 is 5.73 Å². The highest BCUT2D eigenvalue weighted by molar-refractivity contribution is 7.91. The topological polar surface area (TPSA) is 97.5 Å². The number of aryl methyl sites for hydroxylation is 1. The lowest BCUT2D eigenvalue weighted by Crippen LogP contribution is -2.33. The van der Waals surface area contributed by atoms with E-state index in [1.165, 1.54) is 22.5 Å². The van der Waals surface area contributed by atoms with Crippen LogP contribution in [0, 0.1) is 6.92 Å². The van der Waals surface area contributed by atoms with Crippen LogP contribution in [0.4, 0.5) is 0 Å². The van der Waals surface area contributed by atoms with Crippen molar-refractivity contribution in [1.82, 2.24) is 4.31 Å². The van der Waals surface area contributed by atoms with Gasteiger partial charge in [-0.2, -0.15) is 4.31 Å². The van der Waals surface area contributed by atoms with Crippen LogP contribution in [0.25, 0.3) is 0 Å². The Morgan fingerprint density at radius 1 is 1.00 bits per heavy atom. The lowest BCUT2D eigenvalue weighted by Gasteiger charge is -2.23. The highest BCUT2D eigenvalue weighted by atomic mass is 35.5. The van der Waals surface area contributed by atoms with Crippen LogP contribution in [-0.2, 0) is 26.4 Å². The average Bonchev–Trinajstić information content (AvgIpc) is 2.58. The van der Waals surface area contributed by atoms with Crippen molar-refractivity contribution in [1.29, 1.82) is 0 Å². The standard InChI is InChI=1S/C18H24N2O4S2.ClH/c1-15-9-10-17(25(2,21)22)13-18(15)26(23,24)20(12-6-11-19)14-16-7-4-3-5-8-16;/h3-5,7-10,13H,6,11-12,14,19H2,1-2H3;1H. The summed E-state index contributed by atoms with van der Waals surface area (Å²) in [5.41, 5.74) is 6.92. The third-order valence-electron chi connectivity index (χ3n) is 4.02. The Morgan fingerprint density at radius 3 is 2.19 bits per heavy atom. The SMILES string of the molecule is Cc1ccc(S(C)(=O)=O)cc1S(=O)(=O)N(CCCN)Cc1ccccc1.Cl. The van der Waals surface area contributed by atoms with E-state index in [2.05, 4.69) is 0 Å². The molecule has 6 nitrogen and oxygen atoms in total. The summed E-state index contributed by atoms with van der Waals surface area (Å²) >= 11 is 0. The summed E-state index contributed by atoms with van der Waals surface area (Å²) in [7, 11) is -7.38. The molecule has 150 valence electrons. The Kier molecular flexibility index (Phi) is 8.44. The lowest BCUT2D eigenvalue weighted by atomic mass is 10.2. The molecule has 0 spiro atoms. The highest BCUT2D eigenvalue weighted by Gasteiger charge is 2.27. The van der Waals surface area contributed by atoms with E-state index in [9.17, 15) is 16.8 Å². The monoisotopic (exact) mass is 432 g/mol. The predicted octanol–water partition coefficient (Wildman–Crippen LogP) is 2.36. The molecule has 0 aliphatic heterocycles. The van der Waals surface area contributed by atoms with Crippen LogP contribution in [-0.4, -0.2) is 40.5 Å². The molecule has 0 fully saturated rings. The third-order valence-corrected chi connectivity index (χ3v) is 7.12. The van der Waals surface area contributed by atoms with Crippen molar-refractivity contribution in [2.24, 2.45) is 5.73 Å². The molecule has 0 aromatic heterocycles. The summed E-state index contributed by atoms with van der Waals surface area (Å²) in [5, 5.41) is 0. The first-order valence-electron chi connectivity index (χ1n) is 8.21. The minimum Gasteiger partial charge on any atom is -0.330 e. The summed E-state index contributed by atoms with van der Waals surface area (Å²) in [6.07, 6.45) is 1.57. The number of sulfonamides is 1. The first-order valence-corrected chi connectivity index (χ1v) is 11.5. The molecule has 0 atom stereocenters. The molecule has 0 saturated carbocycles.